The molecular formula is C8H14N2O3. The van der Waals surface area contributed by atoms with Crippen LogP contribution in [0.4, 0.5) is 4.79 Å². The molecule has 5 nitrogen and oxygen atoms in total. The second kappa shape index (κ2) is 7.15. The fourth-order valence-electron chi connectivity index (χ4n) is 0.528. The highest BCUT2D eigenvalue weighted by Gasteiger charge is 2.01. The largest absolute Gasteiger partial charge is 0.468 e. The molecule has 0 aromatic carbocycles. The van der Waals surface area contributed by atoms with Gasteiger partial charge in [0.05, 0.1) is 7.11 Å². The maximum absolute atomic E-state index is 10.9. The Labute approximate surface area is 77.1 Å². The van der Waals surface area contributed by atoms with Crippen LogP contribution in [-0.2, 0) is 9.53 Å². The Morgan fingerprint density at radius 3 is 2.69 bits per heavy atom. The van der Waals surface area contributed by atoms with Crippen molar-refractivity contribution in [2.45, 2.75) is 13.3 Å². The van der Waals surface area contributed by atoms with Gasteiger partial charge < -0.3 is 15.4 Å². The molecule has 0 spiro atoms. The van der Waals surface area contributed by atoms with Gasteiger partial charge in [-0.2, -0.15) is 0 Å². The molecule has 0 unspecified atom stereocenters. The molecule has 0 atom stereocenters. The van der Waals surface area contributed by atoms with E-state index in [0.717, 1.165) is 6.42 Å². The molecule has 0 aromatic rings. The van der Waals surface area contributed by atoms with Crippen molar-refractivity contribution in [2.75, 3.05) is 13.7 Å². The number of carbonyl (C=O) groups excluding carboxylic acids is 2. The van der Waals surface area contributed by atoms with Crippen LogP contribution in [0.15, 0.2) is 12.3 Å². The van der Waals surface area contributed by atoms with E-state index < -0.39 is 12.0 Å². The molecule has 0 radical (unpaired) electrons. The average molecular weight is 186 g/mol. The van der Waals surface area contributed by atoms with Gasteiger partial charge in [-0.3, -0.25) is 4.79 Å². The number of nitrogens with one attached hydrogen (secondary N) is 2. The normalized spacial score (nSPS) is 9.69. The molecule has 0 heterocycles. The molecule has 2 N–H and O–H groups in total. The predicted octanol–water partition coefficient (Wildman–Crippen LogP) is 0.382. The zero-order chi connectivity index (χ0) is 10.1. The predicted molar refractivity (Wildman–Crippen MR) is 48.0 cm³/mol. The summed E-state index contributed by atoms with van der Waals surface area (Å²) in [5.41, 5.74) is 0. The molecular weight excluding hydrogens is 172 g/mol. The number of amides is 2. The number of esters is 1. The van der Waals surface area contributed by atoms with E-state index in [1.165, 1.54) is 13.3 Å². The van der Waals surface area contributed by atoms with Crippen molar-refractivity contribution in [2.24, 2.45) is 0 Å². The summed E-state index contributed by atoms with van der Waals surface area (Å²) < 4.78 is 4.33. The van der Waals surface area contributed by atoms with Gasteiger partial charge in [0.2, 0.25) is 0 Å². The summed E-state index contributed by atoms with van der Waals surface area (Å²) in [5, 5.41) is 4.74. The van der Waals surface area contributed by atoms with Crippen molar-refractivity contribution >= 4 is 12.0 Å². The number of hydrogen-bond donors (Lipinski definition) is 2. The first-order valence-electron chi connectivity index (χ1n) is 3.97. The quantitative estimate of drug-likeness (QED) is 0.624. The first-order valence-corrected chi connectivity index (χ1v) is 3.97. The third kappa shape index (κ3) is 6.86. The van der Waals surface area contributed by atoms with E-state index >= 15 is 0 Å². The summed E-state index contributed by atoms with van der Waals surface area (Å²) in [6.45, 7) is 1.83. The maximum atomic E-state index is 10.9. The number of hydrogen-bond acceptors (Lipinski definition) is 3. The van der Waals surface area contributed by atoms with Gasteiger partial charge in [0, 0.05) is 6.20 Å². The fraction of sp³-hybridized carbons (Fsp3) is 0.500. The van der Waals surface area contributed by atoms with E-state index in [1.54, 1.807) is 6.08 Å². The molecule has 2 amide bonds. The van der Waals surface area contributed by atoms with Crippen LogP contribution in [0.2, 0.25) is 0 Å². The standard InChI is InChI=1S/C8H14N2O3/c1-3-4-5-9-8(12)10-6-7(11)13-2/h4-5H,3,6H2,1-2H3,(H2,9,10,12)/b5-4+. The molecule has 0 saturated heterocycles. The number of allylic oxidation sites excluding steroid dienone is 1. The van der Waals surface area contributed by atoms with Gasteiger partial charge in [0.1, 0.15) is 6.54 Å². The summed E-state index contributed by atoms with van der Waals surface area (Å²) in [4.78, 5) is 21.4. The number of rotatable bonds is 4. The highest BCUT2D eigenvalue weighted by molar-refractivity contribution is 5.81. The number of methoxy groups -OCH3 is 1. The zero-order valence-electron chi connectivity index (χ0n) is 7.79. The SMILES string of the molecule is CC/C=C/NC(=O)NCC(=O)OC. The number of ether oxygens (including phenoxy) is 1. The van der Waals surface area contributed by atoms with E-state index in [-0.39, 0.29) is 6.54 Å². The number of carbonyl (C=O) groups is 2. The van der Waals surface area contributed by atoms with Crippen molar-refractivity contribution in [3.63, 3.8) is 0 Å². The van der Waals surface area contributed by atoms with Crippen LogP contribution < -0.4 is 10.6 Å². The van der Waals surface area contributed by atoms with Crippen molar-refractivity contribution in [1.29, 1.82) is 0 Å². The Bertz CT molecular complexity index is 202. The molecule has 13 heavy (non-hydrogen) atoms. The van der Waals surface area contributed by atoms with Gasteiger partial charge >= 0.3 is 12.0 Å². The maximum Gasteiger partial charge on any atom is 0.325 e. The van der Waals surface area contributed by atoms with Gasteiger partial charge in [-0.25, -0.2) is 4.79 Å². The Kier molecular flexibility index (Phi) is 6.31. The van der Waals surface area contributed by atoms with E-state index in [4.69, 9.17) is 0 Å². The lowest BCUT2D eigenvalue weighted by Crippen LogP contribution is -2.36. The lowest BCUT2D eigenvalue weighted by molar-refractivity contribution is -0.139. The van der Waals surface area contributed by atoms with E-state index in [1.807, 2.05) is 6.92 Å². The van der Waals surface area contributed by atoms with Gasteiger partial charge in [-0.1, -0.05) is 13.0 Å². The molecule has 74 valence electrons. The summed E-state index contributed by atoms with van der Waals surface area (Å²) in [5.74, 6) is -0.477. The average Bonchev–Trinajstić information content (AvgIpc) is 2.14. The van der Waals surface area contributed by atoms with E-state index in [9.17, 15) is 9.59 Å². The Balaban J connectivity index is 3.51. The van der Waals surface area contributed by atoms with Gasteiger partial charge in [-0.15, -0.1) is 0 Å². The summed E-state index contributed by atoms with van der Waals surface area (Å²) in [6, 6.07) is -0.421. The van der Waals surface area contributed by atoms with Crippen molar-refractivity contribution < 1.29 is 14.3 Å². The minimum atomic E-state index is -0.477. The second-order valence-electron chi connectivity index (χ2n) is 2.21. The topological polar surface area (TPSA) is 67.4 Å². The molecule has 0 aromatic heterocycles. The lowest BCUT2D eigenvalue weighted by atomic mass is 10.5. The highest BCUT2D eigenvalue weighted by Crippen LogP contribution is 1.76. The Hall–Kier alpha value is -1.52. The molecule has 0 aliphatic rings. The molecule has 0 aliphatic heterocycles. The zero-order valence-corrected chi connectivity index (χ0v) is 7.79. The third-order valence-corrected chi connectivity index (χ3v) is 1.19. The summed E-state index contributed by atoms with van der Waals surface area (Å²) in [6.07, 6.45) is 4.15. The Morgan fingerprint density at radius 2 is 2.15 bits per heavy atom. The van der Waals surface area contributed by atoms with Crippen molar-refractivity contribution in [3.8, 4) is 0 Å². The molecule has 0 rings (SSSR count). The van der Waals surface area contributed by atoms with Crippen molar-refractivity contribution in [3.05, 3.63) is 12.3 Å². The van der Waals surface area contributed by atoms with Crippen LogP contribution in [0.1, 0.15) is 13.3 Å². The summed E-state index contributed by atoms with van der Waals surface area (Å²) >= 11 is 0. The van der Waals surface area contributed by atoms with Crippen molar-refractivity contribution in [1.82, 2.24) is 10.6 Å². The van der Waals surface area contributed by atoms with E-state index in [2.05, 4.69) is 15.4 Å². The monoisotopic (exact) mass is 186 g/mol. The molecule has 0 aliphatic carbocycles. The van der Waals surface area contributed by atoms with Gasteiger partial charge in [-0.05, 0) is 6.42 Å². The molecule has 0 bridgehead atoms. The molecule has 0 saturated carbocycles. The second-order valence-corrected chi connectivity index (χ2v) is 2.21. The Morgan fingerprint density at radius 1 is 1.46 bits per heavy atom. The van der Waals surface area contributed by atoms with Gasteiger partial charge in [0.25, 0.3) is 0 Å². The van der Waals surface area contributed by atoms with Gasteiger partial charge in [0.15, 0.2) is 0 Å². The van der Waals surface area contributed by atoms with Crippen LogP contribution in [0, 0.1) is 0 Å². The van der Waals surface area contributed by atoms with Crippen LogP contribution in [-0.4, -0.2) is 25.7 Å². The van der Waals surface area contributed by atoms with Crippen LogP contribution in [0.25, 0.3) is 0 Å². The van der Waals surface area contributed by atoms with Crippen LogP contribution in [0.5, 0.6) is 0 Å². The fourth-order valence-corrected chi connectivity index (χ4v) is 0.528. The minimum Gasteiger partial charge on any atom is -0.468 e. The van der Waals surface area contributed by atoms with E-state index in [0.29, 0.717) is 0 Å². The third-order valence-electron chi connectivity index (χ3n) is 1.19. The minimum absolute atomic E-state index is 0.123. The number of urea groups is 1. The highest BCUT2D eigenvalue weighted by atomic mass is 16.5. The first-order chi connectivity index (χ1) is 6.20. The smallest absolute Gasteiger partial charge is 0.325 e. The first kappa shape index (κ1) is 11.5. The lowest BCUT2D eigenvalue weighted by Gasteiger charge is -2.01. The molecule has 0 fully saturated rings. The molecule has 5 heteroatoms. The summed E-state index contributed by atoms with van der Waals surface area (Å²) in [7, 11) is 1.26. The van der Waals surface area contributed by atoms with Crippen LogP contribution >= 0.6 is 0 Å². The van der Waals surface area contributed by atoms with Crippen LogP contribution in [0.3, 0.4) is 0 Å².